The Morgan fingerprint density at radius 2 is 1.40 bits per heavy atom. The number of likely N-dealkylation sites (tertiary alicyclic amines) is 2. The summed E-state index contributed by atoms with van der Waals surface area (Å²) in [6.45, 7) is 6.68. The highest BCUT2D eigenvalue weighted by Crippen LogP contribution is 2.27. The second-order valence-corrected chi connectivity index (χ2v) is 11.9. The summed E-state index contributed by atoms with van der Waals surface area (Å²) in [5.74, 6) is -5.52. The SMILES string of the molecule is O=C(NCCN1CCCC1)c1ccc(CN2CCC(Nc3cc(=O)oc4ccc(Cl)cc34)CC2)cc1.O=C(O)C(F)(F)F.O=C(O)C(F)(F)F. The van der Waals surface area contributed by atoms with Gasteiger partial charge in [-0.05, 0) is 74.7 Å². The Morgan fingerprint density at radius 1 is 0.840 bits per heavy atom. The van der Waals surface area contributed by atoms with Gasteiger partial charge in [0.25, 0.3) is 5.91 Å². The van der Waals surface area contributed by atoms with E-state index in [4.69, 9.17) is 35.8 Å². The van der Waals surface area contributed by atoms with Crippen molar-refractivity contribution in [3.05, 3.63) is 75.1 Å². The number of nitrogens with zero attached hydrogens (tertiary/aromatic N) is 2. The molecule has 2 saturated heterocycles. The van der Waals surface area contributed by atoms with Gasteiger partial charge in [-0.1, -0.05) is 23.7 Å². The third kappa shape index (κ3) is 13.2. The first-order valence-corrected chi connectivity index (χ1v) is 15.7. The number of carboxylic acid groups (broad SMARTS) is 2. The van der Waals surface area contributed by atoms with Crippen molar-refractivity contribution < 1.29 is 55.4 Å². The molecule has 0 bridgehead atoms. The Kier molecular flexibility index (Phi) is 14.5. The van der Waals surface area contributed by atoms with Crippen LogP contribution >= 0.6 is 11.6 Å². The number of halogens is 7. The molecule has 18 heteroatoms. The van der Waals surface area contributed by atoms with E-state index in [1.54, 1.807) is 12.1 Å². The first-order valence-electron chi connectivity index (χ1n) is 15.3. The van der Waals surface area contributed by atoms with Crippen molar-refractivity contribution in [1.29, 1.82) is 0 Å². The molecule has 3 aromatic rings. The van der Waals surface area contributed by atoms with E-state index < -0.39 is 24.3 Å². The largest absolute Gasteiger partial charge is 0.490 e. The van der Waals surface area contributed by atoms with Crippen LogP contribution in [-0.4, -0.2) is 95.5 Å². The van der Waals surface area contributed by atoms with Crippen LogP contribution in [0.4, 0.5) is 32.0 Å². The third-order valence-electron chi connectivity index (χ3n) is 7.67. The van der Waals surface area contributed by atoms with Crippen LogP contribution in [0.3, 0.4) is 0 Å². The lowest BCUT2D eigenvalue weighted by Gasteiger charge is -2.33. The molecule has 5 rings (SSSR count). The summed E-state index contributed by atoms with van der Waals surface area (Å²) in [5.41, 5.74) is 2.86. The van der Waals surface area contributed by atoms with Gasteiger partial charge in [-0.25, -0.2) is 14.4 Å². The van der Waals surface area contributed by atoms with E-state index in [-0.39, 0.29) is 17.6 Å². The van der Waals surface area contributed by atoms with Crippen LogP contribution in [0.2, 0.25) is 5.02 Å². The minimum Gasteiger partial charge on any atom is -0.475 e. The van der Waals surface area contributed by atoms with Gasteiger partial charge < -0.3 is 30.2 Å². The predicted octanol–water partition coefficient (Wildman–Crippen LogP) is 5.62. The predicted molar refractivity (Wildman–Crippen MR) is 171 cm³/mol. The maximum absolute atomic E-state index is 12.4. The van der Waals surface area contributed by atoms with Crippen molar-refractivity contribution in [3.8, 4) is 0 Å². The molecule has 274 valence electrons. The van der Waals surface area contributed by atoms with Gasteiger partial charge in [-0.15, -0.1) is 0 Å². The fourth-order valence-electron chi connectivity index (χ4n) is 5.17. The second-order valence-electron chi connectivity index (χ2n) is 11.4. The van der Waals surface area contributed by atoms with Crippen molar-refractivity contribution in [3.63, 3.8) is 0 Å². The fourth-order valence-corrected chi connectivity index (χ4v) is 5.34. The molecule has 3 heterocycles. The zero-order chi connectivity index (χ0) is 37.1. The zero-order valence-electron chi connectivity index (χ0n) is 26.5. The Morgan fingerprint density at radius 3 is 1.94 bits per heavy atom. The number of rotatable bonds is 8. The van der Waals surface area contributed by atoms with E-state index in [9.17, 15) is 35.9 Å². The average molecular weight is 737 g/mol. The maximum Gasteiger partial charge on any atom is 0.490 e. The first kappa shape index (κ1) is 40.1. The Labute approximate surface area is 286 Å². The molecular formula is C32H35ClF6N4O7. The molecule has 0 aliphatic carbocycles. The highest BCUT2D eigenvalue weighted by Gasteiger charge is 2.39. The number of aliphatic carboxylic acids is 2. The van der Waals surface area contributed by atoms with Gasteiger partial charge in [0, 0.05) is 60.8 Å². The monoisotopic (exact) mass is 736 g/mol. The van der Waals surface area contributed by atoms with Gasteiger partial charge in [-0.2, -0.15) is 26.3 Å². The Hall–Kier alpha value is -4.35. The number of hydrogen-bond donors (Lipinski definition) is 4. The molecule has 0 atom stereocenters. The van der Waals surface area contributed by atoms with Gasteiger partial charge in [-0.3, -0.25) is 9.69 Å². The number of nitrogens with one attached hydrogen (secondary N) is 2. The molecule has 4 N–H and O–H groups in total. The summed E-state index contributed by atoms with van der Waals surface area (Å²) in [4.78, 5) is 47.1. The van der Waals surface area contributed by atoms with Gasteiger partial charge in [0.05, 0.1) is 5.69 Å². The Bertz CT molecular complexity index is 1630. The highest BCUT2D eigenvalue weighted by molar-refractivity contribution is 6.31. The number of anilines is 1. The number of carbonyl (C=O) groups is 3. The Balaban J connectivity index is 0.000000408. The summed E-state index contributed by atoms with van der Waals surface area (Å²) in [6, 6.07) is 15.0. The van der Waals surface area contributed by atoms with Crippen molar-refractivity contribution in [2.45, 2.75) is 50.6 Å². The zero-order valence-corrected chi connectivity index (χ0v) is 27.2. The van der Waals surface area contributed by atoms with Crippen LogP contribution in [0.1, 0.15) is 41.6 Å². The van der Waals surface area contributed by atoms with Crippen LogP contribution < -0.4 is 16.3 Å². The van der Waals surface area contributed by atoms with Crippen LogP contribution in [-0.2, 0) is 16.1 Å². The smallest absolute Gasteiger partial charge is 0.475 e. The molecule has 0 radical (unpaired) electrons. The van der Waals surface area contributed by atoms with Crippen LogP contribution in [0, 0.1) is 0 Å². The highest BCUT2D eigenvalue weighted by atomic mass is 35.5. The van der Waals surface area contributed by atoms with Crippen molar-refractivity contribution in [2.24, 2.45) is 0 Å². The first-order chi connectivity index (χ1) is 23.4. The van der Waals surface area contributed by atoms with E-state index in [0.29, 0.717) is 22.7 Å². The van der Waals surface area contributed by atoms with Gasteiger partial charge in [0.1, 0.15) is 5.58 Å². The lowest BCUT2D eigenvalue weighted by Crippen LogP contribution is -2.38. The summed E-state index contributed by atoms with van der Waals surface area (Å²) < 4.78 is 68.8. The van der Waals surface area contributed by atoms with Gasteiger partial charge in [0.15, 0.2) is 0 Å². The number of carboxylic acids is 2. The average Bonchev–Trinajstić information content (AvgIpc) is 3.56. The van der Waals surface area contributed by atoms with Crippen molar-refractivity contribution in [2.75, 3.05) is 44.6 Å². The van der Waals surface area contributed by atoms with Crippen LogP contribution in [0.15, 0.2) is 57.7 Å². The second kappa shape index (κ2) is 18.1. The molecule has 2 aromatic carbocycles. The molecule has 1 amide bonds. The quantitative estimate of drug-likeness (QED) is 0.170. The van der Waals surface area contributed by atoms with E-state index in [1.165, 1.54) is 24.5 Å². The number of piperidine rings is 1. The molecule has 0 saturated carbocycles. The number of amides is 1. The van der Waals surface area contributed by atoms with Gasteiger partial charge in [0.2, 0.25) is 0 Å². The number of hydrogen-bond acceptors (Lipinski definition) is 8. The molecule has 2 aliphatic heterocycles. The molecule has 11 nitrogen and oxygen atoms in total. The molecule has 2 fully saturated rings. The van der Waals surface area contributed by atoms with E-state index >= 15 is 0 Å². The minimum atomic E-state index is -5.08. The summed E-state index contributed by atoms with van der Waals surface area (Å²) >= 11 is 6.16. The lowest BCUT2D eigenvalue weighted by molar-refractivity contribution is -0.193. The number of fused-ring (bicyclic) bond motifs is 1. The normalized spacial score (nSPS) is 15.7. The lowest BCUT2D eigenvalue weighted by atomic mass is 10.0. The molecule has 2 aliphatic rings. The standard InChI is InChI=1S/C28H33ClN4O3.2C2HF3O2/c29-22-7-8-26-24(17-22)25(18-27(34)36-26)31-23-9-14-33(15-10-23)19-20-3-5-21(6-4-20)28(35)30-11-16-32-12-1-2-13-32;2*3-2(4,5)1(6)7/h3-8,17-18,23,31H,1-2,9-16,19H2,(H,30,35);2*(H,6,7). The topological polar surface area (TPSA) is 152 Å². The summed E-state index contributed by atoms with van der Waals surface area (Å²) in [5, 5.41) is 22.3. The molecule has 0 spiro atoms. The van der Waals surface area contributed by atoms with E-state index in [2.05, 4.69) is 32.6 Å². The van der Waals surface area contributed by atoms with Gasteiger partial charge >= 0.3 is 29.9 Å². The molecule has 1 aromatic heterocycles. The van der Waals surface area contributed by atoms with E-state index in [0.717, 1.165) is 63.2 Å². The summed E-state index contributed by atoms with van der Waals surface area (Å²) in [6.07, 6.45) is -5.69. The fraction of sp³-hybridized carbons (Fsp3) is 0.438. The summed E-state index contributed by atoms with van der Waals surface area (Å²) in [7, 11) is 0. The number of carbonyl (C=O) groups excluding carboxylic acids is 1. The molecule has 50 heavy (non-hydrogen) atoms. The third-order valence-corrected chi connectivity index (χ3v) is 7.91. The minimum absolute atomic E-state index is 0.00334. The van der Waals surface area contributed by atoms with Crippen LogP contribution in [0.25, 0.3) is 11.0 Å². The number of benzene rings is 2. The van der Waals surface area contributed by atoms with Crippen LogP contribution in [0.5, 0.6) is 0 Å². The molecular weight excluding hydrogens is 702 g/mol. The maximum atomic E-state index is 12.4. The van der Waals surface area contributed by atoms with Crippen molar-refractivity contribution in [1.82, 2.24) is 15.1 Å². The van der Waals surface area contributed by atoms with E-state index in [1.807, 2.05) is 18.2 Å². The van der Waals surface area contributed by atoms with Crippen molar-refractivity contribution >= 4 is 46.1 Å². The number of alkyl halides is 6. The molecule has 0 unspecified atom stereocenters.